The zero-order chi connectivity index (χ0) is 9.99. The van der Waals surface area contributed by atoms with E-state index in [1.165, 1.54) is 0 Å². The summed E-state index contributed by atoms with van der Waals surface area (Å²) >= 11 is 16.0. The van der Waals surface area contributed by atoms with Crippen molar-refractivity contribution in [1.29, 1.82) is 0 Å². The molecule has 0 heterocycles. The third-order valence-corrected chi connectivity index (χ3v) is 1.59. The molecule has 1 atom stereocenters. The smallest absolute Gasteiger partial charge is 0.240 e. The summed E-state index contributed by atoms with van der Waals surface area (Å²) in [4.78, 5) is 0. The number of terminal acetylenes is 1. The second-order valence-corrected chi connectivity index (χ2v) is 5.04. The molecule has 0 spiro atoms. The van der Waals surface area contributed by atoms with Crippen LogP contribution in [0.3, 0.4) is 0 Å². The summed E-state index contributed by atoms with van der Waals surface area (Å²) in [6, 6.07) is 0. The van der Waals surface area contributed by atoms with Gasteiger partial charge in [-0.15, -0.1) is 6.42 Å². The first-order chi connectivity index (χ1) is 5.19. The fourth-order valence-corrected chi connectivity index (χ4v) is 0.514. The Bertz CT molecular complexity index is 190. The molecule has 0 aliphatic carbocycles. The Morgan fingerprint density at radius 3 is 2.08 bits per heavy atom. The van der Waals surface area contributed by atoms with Crippen molar-refractivity contribution >= 4 is 34.8 Å². The lowest BCUT2D eigenvalue weighted by Gasteiger charge is -2.26. The third-order valence-electron chi connectivity index (χ3n) is 1.03. The molecule has 0 aromatic rings. The van der Waals surface area contributed by atoms with Crippen LogP contribution in [0.4, 0.5) is 0 Å². The van der Waals surface area contributed by atoms with Crippen LogP contribution >= 0.6 is 34.8 Å². The molecule has 0 saturated carbocycles. The molecule has 0 aliphatic heterocycles. The third kappa shape index (κ3) is 4.39. The first kappa shape index (κ1) is 12.3. The van der Waals surface area contributed by atoms with E-state index in [2.05, 4.69) is 5.92 Å². The quantitative estimate of drug-likeness (QED) is 0.448. The molecule has 0 amide bonds. The highest BCUT2D eigenvalue weighted by Gasteiger charge is 2.35. The van der Waals surface area contributed by atoms with E-state index in [4.69, 9.17) is 51.1 Å². The normalized spacial score (nSPS) is 15.4. The van der Waals surface area contributed by atoms with Crippen LogP contribution in [-0.4, -0.2) is 20.8 Å². The van der Waals surface area contributed by atoms with Crippen molar-refractivity contribution < 1.29 is 9.84 Å². The molecule has 0 aliphatic rings. The van der Waals surface area contributed by atoms with Crippen LogP contribution in [0.2, 0.25) is 0 Å². The molecule has 0 aromatic heterocycles. The van der Waals surface area contributed by atoms with E-state index in [1.54, 1.807) is 13.8 Å². The molecule has 0 aromatic carbocycles. The molecule has 5 heteroatoms. The van der Waals surface area contributed by atoms with Gasteiger partial charge in [-0.05, 0) is 13.8 Å². The summed E-state index contributed by atoms with van der Waals surface area (Å²) in [6.45, 7) is 3.15. The molecule has 0 bridgehead atoms. The second kappa shape index (κ2) is 4.04. The Labute approximate surface area is 86.7 Å². The van der Waals surface area contributed by atoms with Crippen molar-refractivity contribution in [1.82, 2.24) is 0 Å². The number of hydrogen-bond donors (Lipinski definition) is 1. The van der Waals surface area contributed by atoms with Crippen LogP contribution in [0.15, 0.2) is 0 Å². The Balaban J connectivity index is 4.22. The highest BCUT2D eigenvalue weighted by molar-refractivity contribution is 6.67. The molecule has 12 heavy (non-hydrogen) atoms. The SMILES string of the molecule is C#CC(C)(C)OC(O)C(Cl)(Cl)Cl. The van der Waals surface area contributed by atoms with Crippen LogP contribution in [0.5, 0.6) is 0 Å². The molecule has 70 valence electrons. The van der Waals surface area contributed by atoms with Gasteiger partial charge < -0.3 is 9.84 Å². The van der Waals surface area contributed by atoms with Crippen molar-refractivity contribution in [2.75, 3.05) is 0 Å². The summed E-state index contributed by atoms with van der Waals surface area (Å²) < 4.78 is 2.99. The van der Waals surface area contributed by atoms with E-state index in [1.807, 2.05) is 0 Å². The summed E-state index contributed by atoms with van der Waals surface area (Å²) in [7, 11) is 0. The largest absolute Gasteiger partial charge is 0.365 e. The minimum absolute atomic E-state index is 0.955. The zero-order valence-electron chi connectivity index (χ0n) is 6.64. The molecular weight excluding hydrogens is 222 g/mol. The molecule has 0 radical (unpaired) electrons. The van der Waals surface area contributed by atoms with Crippen molar-refractivity contribution in [3.63, 3.8) is 0 Å². The van der Waals surface area contributed by atoms with Crippen molar-refractivity contribution in [2.45, 2.75) is 29.5 Å². The maximum Gasteiger partial charge on any atom is 0.240 e. The number of aliphatic hydroxyl groups excluding tert-OH is 1. The molecular formula is C7H9Cl3O2. The minimum Gasteiger partial charge on any atom is -0.365 e. The Hall–Kier alpha value is 0.350. The maximum absolute atomic E-state index is 9.14. The van der Waals surface area contributed by atoms with Crippen LogP contribution < -0.4 is 0 Å². The van der Waals surface area contributed by atoms with E-state index in [0.29, 0.717) is 0 Å². The average molecular weight is 232 g/mol. The van der Waals surface area contributed by atoms with Crippen LogP contribution in [0.1, 0.15) is 13.8 Å². The standard InChI is InChI=1S/C7H9Cl3O2/c1-4-6(2,3)12-5(11)7(8,9)10/h1,5,11H,2-3H3. The van der Waals surface area contributed by atoms with Crippen LogP contribution in [0, 0.1) is 12.3 Å². The molecule has 1 N–H and O–H groups in total. The summed E-state index contributed by atoms with van der Waals surface area (Å²) in [5.74, 6) is 2.29. The van der Waals surface area contributed by atoms with Crippen LogP contribution in [-0.2, 0) is 4.74 Å². The van der Waals surface area contributed by atoms with Gasteiger partial charge in [0, 0.05) is 0 Å². The van der Waals surface area contributed by atoms with Gasteiger partial charge in [0.25, 0.3) is 0 Å². The Morgan fingerprint density at radius 2 is 1.83 bits per heavy atom. The summed E-state index contributed by atoms with van der Waals surface area (Å²) in [6.07, 6.45) is 3.55. The topological polar surface area (TPSA) is 29.5 Å². The van der Waals surface area contributed by atoms with Gasteiger partial charge >= 0.3 is 0 Å². The maximum atomic E-state index is 9.14. The number of alkyl halides is 3. The van der Waals surface area contributed by atoms with E-state index >= 15 is 0 Å². The lowest BCUT2D eigenvalue weighted by molar-refractivity contribution is -0.147. The number of aliphatic hydroxyl groups is 1. The summed E-state index contributed by atoms with van der Waals surface area (Å²) in [5, 5.41) is 9.14. The molecule has 2 nitrogen and oxygen atoms in total. The molecule has 0 saturated heterocycles. The van der Waals surface area contributed by atoms with Crippen molar-refractivity contribution in [3.05, 3.63) is 0 Å². The monoisotopic (exact) mass is 230 g/mol. The number of hydrogen-bond acceptors (Lipinski definition) is 2. The number of rotatable bonds is 2. The number of halogens is 3. The lowest BCUT2D eigenvalue weighted by atomic mass is 10.1. The fourth-order valence-electron chi connectivity index (χ4n) is 0.380. The number of ether oxygens (including phenoxy) is 1. The highest BCUT2D eigenvalue weighted by Crippen LogP contribution is 2.32. The van der Waals surface area contributed by atoms with Crippen molar-refractivity contribution in [3.8, 4) is 12.3 Å². The molecule has 0 rings (SSSR count). The first-order valence-electron chi connectivity index (χ1n) is 3.09. The van der Waals surface area contributed by atoms with E-state index in [9.17, 15) is 0 Å². The highest BCUT2D eigenvalue weighted by atomic mass is 35.6. The predicted molar refractivity (Wildman–Crippen MR) is 50.3 cm³/mol. The Kier molecular flexibility index (Phi) is 4.16. The van der Waals surface area contributed by atoms with Gasteiger partial charge in [0.1, 0.15) is 5.60 Å². The lowest BCUT2D eigenvalue weighted by Crippen LogP contribution is -2.36. The predicted octanol–water partition coefficient (Wildman–Crippen LogP) is 2.10. The van der Waals surface area contributed by atoms with Gasteiger partial charge in [-0.25, -0.2) is 0 Å². The van der Waals surface area contributed by atoms with Crippen molar-refractivity contribution in [2.24, 2.45) is 0 Å². The zero-order valence-corrected chi connectivity index (χ0v) is 8.91. The van der Waals surface area contributed by atoms with Crippen LogP contribution in [0.25, 0.3) is 0 Å². The molecule has 1 unspecified atom stereocenters. The second-order valence-electron chi connectivity index (χ2n) is 2.67. The Morgan fingerprint density at radius 1 is 1.42 bits per heavy atom. The average Bonchev–Trinajstić information content (AvgIpc) is 1.85. The minimum atomic E-state index is -1.88. The first-order valence-corrected chi connectivity index (χ1v) is 4.23. The van der Waals surface area contributed by atoms with E-state index in [-0.39, 0.29) is 0 Å². The van der Waals surface area contributed by atoms with Gasteiger partial charge in [-0.2, -0.15) is 0 Å². The van der Waals surface area contributed by atoms with E-state index < -0.39 is 15.7 Å². The summed E-state index contributed by atoms with van der Waals surface area (Å²) in [5.41, 5.74) is -0.955. The van der Waals surface area contributed by atoms with Gasteiger partial charge in [0.05, 0.1) is 0 Å². The van der Waals surface area contributed by atoms with Gasteiger partial charge in [-0.3, -0.25) is 0 Å². The van der Waals surface area contributed by atoms with Gasteiger partial charge in [-0.1, -0.05) is 40.7 Å². The van der Waals surface area contributed by atoms with Gasteiger partial charge in [0.15, 0.2) is 0 Å². The fraction of sp³-hybridized carbons (Fsp3) is 0.714. The van der Waals surface area contributed by atoms with E-state index in [0.717, 1.165) is 0 Å². The van der Waals surface area contributed by atoms with Gasteiger partial charge in [0.2, 0.25) is 10.1 Å². The molecule has 0 fully saturated rings.